The van der Waals surface area contributed by atoms with E-state index in [4.69, 9.17) is 14.0 Å². The first kappa shape index (κ1) is 27.4. The summed E-state index contributed by atoms with van der Waals surface area (Å²) in [4.78, 5) is 13.8. The molecule has 1 aliphatic carbocycles. The van der Waals surface area contributed by atoms with Crippen LogP contribution in [0.15, 0.2) is 29.2 Å². The van der Waals surface area contributed by atoms with Crippen LogP contribution >= 0.6 is 0 Å². The molecule has 36 heavy (non-hydrogen) atoms. The van der Waals surface area contributed by atoms with E-state index in [1.54, 1.807) is 12.1 Å². The van der Waals surface area contributed by atoms with E-state index in [-0.39, 0.29) is 43.4 Å². The molecular weight excluding hydrogens is 498 g/mol. The van der Waals surface area contributed by atoms with Gasteiger partial charge in [0.15, 0.2) is 5.94 Å². The second-order valence-electron chi connectivity index (χ2n) is 11.1. The number of amides is 1. The van der Waals surface area contributed by atoms with Crippen molar-refractivity contribution in [1.82, 2.24) is 4.90 Å². The SMILES string of the molecule is CC1(C)OB(c2ccc(S(=O)(=O)COCC3CCN(C(=O)C4(C(F)(F)F)CC4)CC3)cc2)OC1(C)C. The smallest absolute Gasteiger partial charge is 0.399 e. The van der Waals surface area contributed by atoms with Crippen molar-refractivity contribution in [3.63, 3.8) is 0 Å². The van der Waals surface area contributed by atoms with Gasteiger partial charge in [0, 0.05) is 13.1 Å². The van der Waals surface area contributed by atoms with Crippen LogP contribution in [0.4, 0.5) is 13.2 Å². The van der Waals surface area contributed by atoms with Crippen LogP contribution in [0.1, 0.15) is 53.4 Å². The number of benzene rings is 1. The molecule has 2 heterocycles. The lowest BCUT2D eigenvalue weighted by molar-refractivity contribution is -0.199. The topological polar surface area (TPSA) is 82.1 Å². The molecule has 2 saturated heterocycles. The van der Waals surface area contributed by atoms with E-state index >= 15 is 0 Å². The molecule has 0 N–H and O–H groups in total. The van der Waals surface area contributed by atoms with Gasteiger partial charge in [-0.15, -0.1) is 0 Å². The van der Waals surface area contributed by atoms with Gasteiger partial charge in [-0.05, 0) is 76.9 Å². The van der Waals surface area contributed by atoms with E-state index in [1.165, 1.54) is 17.0 Å². The summed E-state index contributed by atoms with van der Waals surface area (Å²) < 4.78 is 82.6. The Balaban J connectivity index is 1.25. The van der Waals surface area contributed by atoms with E-state index in [0.29, 0.717) is 18.3 Å². The number of alkyl halides is 3. The summed E-state index contributed by atoms with van der Waals surface area (Å²) in [5.74, 6) is -1.35. The van der Waals surface area contributed by atoms with Gasteiger partial charge in [0.05, 0.1) is 22.7 Å². The summed E-state index contributed by atoms with van der Waals surface area (Å²) in [5.41, 5.74) is -2.48. The van der Waals surface area contributed by atoms with Crippen molar-refractivity contribution in [3.05, 3.63) is 24.3 Å². The summed E-state index contributed by atoms with van der Waals surface area (Å²) >= 11 is 0. The molecule has 0 atom stereocenters. The van der Waals surface area contributed by atoms with Crippen LogP contribution < -0.4 is 5.46 Å². The predicted molar refractivity (Wildman–Crippen MR) is 127 cm³/mol. The van der Waals surface area contributed by atoms with Crippen molar-refractivity contribution in [2.75, 3.05) is 25.6 Å². The van der Waals surface area contributed by atoms with Crippen LogP contribution in [0.3, 0.4) is 0 Å². The average molecular weight is 531 g/mol. The Bertz CT molecular complexity index is 1060. The van der Waals surface area contributed by atoms with Crippen LogP contribution in [0.2, 0.25) is 0 Å². The number of piperidine rings is 1. The Morgan fingerprint density at radius 2 is 1.58 bits per heavy atom. The van der Waals surface area contributed by atoms with Crippen LogP contribution in [0.5, 0.6) is 0 Å². The highest BCUT2D eigenvalue weighted by molar-refractivity contribution is 7.91. The Kier molecular flexibility index (Phi) is 7.07. The number of sulfone groups is 1. The first-order chi connectivity index (χ1) is 16.6. The fraction of sp³-hybridized carbons (Fsp3) is 0.708. The minimum Gasteiger partial charge on any atom is -0.399 e. The van der Waals surface area contributed by atoms with Crippen molar-refractivity contribution in [2.24, 2.45) is 11.3 Å². The maximum atomic E-state index is 13.2. The molecule has 0 spiro atoms. The lowest BCUT2D eigenvalue weighted by atomic mass is 9.79. The van der Waals surface area contributed by atoms with Gasteiger partial charge < -0.3 is 18.9 Å². The lowest BCUT2D eigenvalue weighted by Gasteiger charge is -2.34. The quantitative estimate of drug-likeness (QED) is 0.503. The fourth-order valence-electron chi connectivity index (χ4n) is 4.55. The van der Waals surface area contributed by atoms with E-state index in [1.807, 2.05) is 27.7 Å². The fourth-order valence-corrected chi connectivity index (χ4v) is 5.56. The molecule has 12 heteroatoms. The van der Waals surface area contributed by atoms with Crippen LogP contribution in [-0.4, -0.2) is 69.4 Å². The largest absolute Gasteiger partial charge is 0.494 e. The van der Waals surface area contributed by atoms with Gasteiger partial charge >= 0.3 is 13.3 Å². The Morgan fingerprint density at radius 1 is 1.06 bits per heavy atom. The molecule has 1 aromatic carbocycles. The molecule has 1 amide bonds. The van der Waals surface area contributed by atoms with Crippen molar-refractivity contribution >= 4 is 28.3 Å². The molecule has 0 aromatic heterocycles. The maximum Gasteiger partial charge on any atom is 0.494 e. The maximum absolute atomic E-state index is 13.2. The van der Waals surface area contributed by atoms with Crippen molar-refractivity contribution in [1.29, 1.82) is 0 Å². The first-order valence-corrected chi connectivity index (χ1v) is 13.9. The normalized spacial score (nSPS) is 23.6. The average Bonchev–Trinajstić information content (AvgIpc) is 3.57. The summed E-state index contributed by atoms with van der Waals surface area (Å²) in [6.07, 6.45) is -3.85. The monoisotopic (exact) mass is 531 g/mol. The second-order valence-corrected chi connectivity index (χ2v) is 13.0. The number of hydrogen-bond donors (Lipinski definition) is 0. The zero-order valence-corrected chi connectivity index (χ0v) is 21.9. The molecule has 7 nitrogen and oxygen atoms in total. The minimum absolute atomic E-state index is 0.0176. The zero-order chi connectivity index (χ0) is 26.6. The number of ether oxygens (including phenoxy) is 1. The van der Waals surface area contributed by atoms with Gasteiger partial charge in [-0.3, -0.25) is 4.79 Å². The molecule has 3 fully saturated rings. The molecule has 200 valence electrons. The third-order valence-electron chi connectivity index (χ3n) is 7.96. The summed E-state index contributed by atoms with van der Waals surface area (Å²) in [7, 11) is -4.28. The minimum atomic E-state index is -4.51. The molecule has 1 aromatic rings. The number of nitrogens with zero attached hydrogens (tertiary/aromatic N) is 1. The highest BCUT2D eigenvalue weighted by Crippen LogP contribution is 2.58. The number of carbonyl (C=O) groups is 1. The summed E-state index contributed by atoms with van der Waals surface area (Å²) in [6.45, 7) is 8.37. The third kappa shape index (κ3) is 5.19. The van der Waals surface area contributed by atoms with Gasteiger partial charge in [0.1, 0.15) is 5.41 Å². The van der Waals surface area contributed by atoms with E-state index < -0.39 is 51.6 Å². The van der Waals surface area contributed by atoms with E-state index in [0.717, 1.165) is 0 Å². The standard InChI is InChI=1S/C24H33BF3NO6S/c1-21(2)22(3,4)35-25(34-21)18-5-7-19(8-6-18)36(31,32)16-33-15-17-9-13-29(14-10-17)20(30)23(11-12-23)24(26,27)28/h5-8,17H,9-16H2,1-4H3. The highest BCUT2D eigenvalue weighted by Gasteiger charge is 2.69. The van der Waals surface area contributed by atoms with E-state index in [9.17, 15) is 26.4 Å². The van der Waals surface area contributed by atoms with Crippen LogP contribution in [-0.2, 0) is 28.7 Å². The molecule has 2 aliphatic heterocycles. The summed E-state index contributed by atoms with van der Waals surface area (Å²) in [6, 6.07) is 6.32. The van der Waals surface area contributed by atoms with Crippen molar-refractivity contribution in [3.8, 4) is 0 Å². The number of hydrogen-bond acceptors (Lipinski definition) is 6. The predicted octanol–water partition coefficient (Wildman–Crippen LogP) is 3.31. The Hall–Kier alpha value is -1.63. The van der Waals surface area contributed by atoms with Crippen molar-refractivity contribution < 1.29 is 40.4 Å². The number of likely N-dealkylation sites (tertiary alicyclic amines) is 1. The van der Waals surface area contributed by atoms with Gasteiger partial charge in [0.25, 0.3) is 0 Å². The van der Waals surface area contributed by atoms with Gasteiger partial charge in [-0.25, -0.2) is 8.42 Å². The van der Waals surface area contributed by atoms with Gasteiger partial charge in [-0.2, -0.15) is 13.2 Å². The summed E-state index contributed by atoms with van der Waals surface area (Å²) in [5, 5.41) is 0. The van der Waals surface area contributed by atoms with Crippen molar-refractivity contribution in [2.45, 2.75) is 75.7 Å². The first-order valence-electron chi connectivity index (χ1n) is 12.2. The molecule has 0 bridgehead atoms. The molecular formula is C24H33BF3NO6S. The Morgan fingerprint density at radius 3 is 2.06 bits per heavy atom. The molecule has 1 saturated carbocycles. The second kappa shape index (κ2) is 9.29. The molecule has 0 unspecified atom stereocenters. The van der Waals surface area contributed by atoms with Gasteiger partial charge in [0.2, 0.25) is 15.7 Å². The van der Waals surface area contributed by atoms with Crippen LogP contribution in [0.25, 0.3) is 0 Å². The number of carbonyl (C=O) groups excluding carboxylic acids is 1. The van der Waals surface area contributed by atoms with Gasteiger partial charge in [-0.1, -0.05) is 12.1 Å². The van der Waals surface area contributed by atoms with E-state index in [2.05, 4.69) is 0 Å². The number of halogens is 3. The zero-order valence-electron chi connectivity index (χ0n) is 21.1. The molecule has 4 rings (SSSR count). The third-order valence-corrected chi connectivity index (χ3v) is 9.43. The lowest BCUT2D eigenvalue weighted by Crippen LogP contribution is -2.47. The number of rotatable bonds is 7. The molecule has 0 radical (unpaired) electrons. The highest BCUT2D eigenvalue weighted by atomic mass is 32.2. The Labute approximate surface area is 210 Å². The van der Waals surface area contributed by atoms with Crippen LogP contribution in [0, 0.1) is 11.3 Å². The molecule has 3 aliphatic rings.